The standard InChI is InChI=1S/C14H19NO2S/c16-9-14(6-1-2-7-14)15-13(17)12-8-10-4-3-5-11(10)18-12/h8,16H,1-7,9H2,(H,15,17). The van der Waals surface area contributed by atoms with Gasteiger partial charge in [-0.3, -0.25) is 4.79 Å². The van der Waals surface area contributed by atoms with Crippen molar-refractivity contribution in [2.45, 2.75) is 50.5 Å². The summed E-state index contributed by atoms with van der Waals surface area (Å²) in [4.78, 5) is 14.5. The first-order valence-corrected chi connectivity index (χ1v) is 7.59. The summed E-state index contributed by atoms with van der Waals surface area (Å²) in [5.41, 5.74) is 1.00. The Hall–Kier alpha value is -0.870. The summed E-state index contributed by atoms with van der Waals surface area (Å²) < 4.78 is 0. The molecule has 98 valence electrons. The van der Waals surface area contributed by atoms with Gasteiger partial charge in [-0.05, 0) is 43.7 Å². The summed E-state index contributed by atoms with van der Waals surface area (Å²) in [6.45, 7) is 0.0594. The summed E-state index contributed by atoms with van der Waals surface area (Å²) in [6, 6.07) is 2.04. The molecule has 3 rings (SSSR count). The van der Waals surface area contributed by atoms with Crippen molar-refractivity contribution in [3.63, 3.8) is 0 Å². The van der Waals surface area contributed by atoms with Crippen LogP contribution < -0.4 is 5.32 Å². The van der Waals surface area contributed by atoms with Crippen molar-refractivity contribution in [3.05, 3.63) is 21.4 Å². The molecule has 0 bridgehead atoms. The van der Waals surface area contributed by atoms with Gasteiger partial charge in [-0.15, -0.1) is 11.3 Å². The number of nitrogens with one attached hydrogen (secondary N) is 1. The molecule has 1 fully saturated rings. The lowest BCUT2D eigenvalue weighted by atomic mass is 9.99. The fourth-order valence-corrected chi connectivity index (χ4v) is 4.27. The van der Waals surface area contributed by atoms with E-state index >= 15 is 0 Å². The number of aliphatic hydroxyl groups excluding tert-OH is 1. The molecule has 0 aliphatic heterocycles. The lowest BCUT2D eigenvalue weighted by Gasteiger charge is -2.27. The Balaban J connectivity index is 1.74. The molecule has 0 unspecified atom stereocenters. The van der Waals surface area contributed by atoms with Crippen LogP contribution in [-0.2, 0) is 12.8 Å². The van der Waals surface area contributed by atoms with Crippen molar-refractivity contribution in [3.8, 4) is 0 Å². The molecule has 2 aliphatic rings. The number of hydrogen-bond acceptors (Lipinski definition) is 3. The molecule has 3 nitrogen and oxygen atoms in total. The third kappa shape index (κ3) is 2.08. The SMILES string of the molecule is O=C(NC1(CO)CCCC1)c1cc2c(s1)CCC2. The number of hydrogen-bond donors (Lipinski definition) is 2. The maximum absolute atomic E-state index is 12.3. The highest BCUT2D eigenvalue weighted by Crippen LogP contribution is 2.33. The van der Waals surface area contributed by atoms with Gasteiger partial charge in [0.05, 0.1) is 17.0 Å². The van der Waals surface area contributed by atoms with E-state index in [-0.39, 0.29) is 18.1 Å². The van der Waals surface area contributed by atoms with E-state index in [0.717, 1.165) is 43.4 Å². The Morgan fingerprint density at radius 1 is 1.33 bits per heavy atom. The van der Waals surface area contributed by atoms with Crippen LogP contribution in [0.5, 0.6) is 0 Å². The highest BCUT2D eigenvalue weighted by Gasteiger charge is 2.35. The Bertz CT molecular complexity index is 439. The van der Waals surface area contributed by atoms with E-state index in [1.165, 1.54) is 16.9 Å². The highest BCUT2D eigenvalue weighted by molar-refractivity contribution is 7.14. The van der Waals surface area contributed by atoms with E-state index in [4.69, 9.17) is 0 Å². The maximum Gasteiger partial charge on any atom is 0.261 e. The predicted octanol–water partition coefficient (Wildman–Crippen LogP) is 2.27. The van der Waals surface area contributed by atoms with E-state index in [1.807, 2.05) is 6.07 Å². The van der Waals surface area contributed by atoms with Crippen molar-refractivity contribution in [1.29, 1.82) is 0 Å². The minimum Gasteiger partial charge on any atom is -0.394 e. The molecule has 2 aliphatic carbocycles. The Labute approximate surface area is 111 Å². The Morgan fingerprint density at radius 2 is 2.11 bits per heavy atom. The van der Waals surface area contributed by atoms with Gasteiger partial charge in [-0.25, -0.2) is 0 Å². The molecule has 18 heavy (non-hydrogen) atoms. The van der Waals surface area contributed by atoms with Crippen LogP contribution >= 0.6 is 11.3 Å². The average Bonchev–Trinajstić information content (AvgIpc) is 3.03. The van der Waals surface area contributed by atoms with Crippen molar-refractivity contribution in [1.82, 2.24) is 5.32 Å². The first kappa shape index (κ1) is 12.2. The minimum atomic E-state index is -0.356. The molecular weight excluding hydrogens is 246 g/mol. The number of thiophene rings is 1. The summed E-state index contributed by atoms with van der Waals surface area (Å²) >= 11 is 1.63. The quantitative estimate of drug-likeness (QED) is 0.881. The molecule has 1 saturated carbocycles. The van der Waals surface area contributed by atoms with Gasteiger partial charge in [0.2, 0.25) is 0 Å². The number of amides is 1. The van der Waals surface area contributed by atoms with Crippen LogP contribution in [0.25, 0.3) is 0 Å². The number of carbonyl (C=O) groups is 1. The molecule has 1 aromatic rings. The summed E-state index contributed by atoms with van der Waals surface area (Å²) in [6.07, 6.45) is 7.47. The molecule has 4 heteroatoms. The first-order valence-electron chi connectivity index (χ1n) is 6.77. The van der Waals surface area contributed by atoms with Crippen molar-refractivity contribution in [2.75, 3.05) is 6.61 Å². The topological polar surface area (TPSA) is 49.3 Å². The predicted molar refractivity (Wildman–Crippen MR) is 72.1 cm³/mol. The molecule has 1 aromatic heterocycles. The Kier molecular flexibility index (Phi) is 3.16. The van der Waals surface area contributed by atoms with E-state index in [9.17, 15) is 9.90 Å². The lowest BCUT2D eigenvalue weighted by Crippen LogP contribution is -2.49. The fourth-order valence-electron chi connectivity index (χ4n) is 3.12. The molecule has 0 radical (unpaired) electrons. The lowest BCUT2D eigenvalue weighted by molar-refractivity contribution is 0.0842. The Morgan fingerprint density at radius 3 is 2.78 bits per heavy atom. The number of carbonyl (C=O) groups excluding carboxylic acids is 1. The van der Waals surface area contributed by atoms with Gasteiger partial charge in [0.1, 0.15) is 0 Å². The zero-order valence-corrected chi connectivity index (χ0v) is 11.3. The van der Waals surface area contributed by atoms with Gasteiger partial charge in [0.25, 0.3) is 5.91 Å². The van der Waals surface area contributed by atoms with Crippen molar-refractivity contribution < 1.29 is 9.90 Å². The van der Waals surface area contributed by atoms with Gasteiger partial charge < -0.3 is 10.4 Å². The second kappa shape index (κ2) is 4.67. The molecular formula is C14H19NO2S. The molecule has 0 atom stereocenters. The second-order valence-electron chi connectivity index (χ2n) is 5.51. The average molecular weight is 265 g/mol. The van der Waals surface area contributed by atoms with Crippen molar-refractivity contribution in [2.24, 2.45) is 0 Å². The van der Waals surface area contributed by atoms with E-state index in [2.05, 4.69) is 5.32 Å². The second-order valence-corrected chi connectivity index (χ2v) is 6.65. The third-order valence-electron chi connectivity index (χ3n) is 4.21. The molecule has 1 amide bonds. The number of rotatable bonds is 3. The van der Waals surface area contributed by atoms with Crippen LogP contribution in [0.15, 0.2) is 6.07 Å². The molecule has 2 N–H and O–H groups in total. The van der Waals surface area contributed by atoms with Gasteiger partial charge in [0.15, 0.2) is 0 Å². The van der Waals surface area contributed by atoms with Gasteiger partial charge in [-0.1, -0.05) is 12.8 Å². The summed E-state index contributed by atoms with van der Waals surface area (Å²) in [5, 5.41) is 12.6. The van der Waals surface area contributed by atoms with Crippen LogP contribution in [0, 0.1) is 0 Å². The largest absolute Gasteiger partial charge is 0.394 e. The molecule has 0 spiro atoms. The van der Waals surface area contributed by atoms with E-state index in [0.29, 0.717) is 0 Å². The van der Waals surface area contributed by atoms with E-state index < -0.39 is 0 Å². The molecule has 1 heterocycles. The van der Waals surface area contributed by atoms with Crippen LogP contribution in [-0.4, -0.2) is 23.2 Å². The number of aliphatic hydroxyl groups is 1. The molecule has 0 saturated heterocycles. The molecule has 0 aromatic carbocycles. The summed E-state index contributed by atoms with van der Waals surface area (Å²) in [5.74, 6) is 0.00495. The zero-order valence-electron chi connectivity index (χ0n) is 10.5. The van der Waals surface area contributed by atoms with Crippen LogP contribution in [0.3, 0.4) is 0 Å². The first-order chi connectivity index (χ1) is 8.72. The number of fused-ring (bicyclic) bond motifs is 1. The summed E-state index contributed by atoms with van der Waals surface area (Å²) in [7, 11) is 0. The minimum absolute atomic E-state index is 0.00495. The monoisotopic (exact) mass is 265 g/mol. The van der Waals surface area contributed by atoms with Crippen molar-refractivity contribution >= 4 is 17.2 Å². The van der Waals surface area contributed by atoms with Gasteiger partial charge in [-0.2, -0.15) is 0 Å². The van der Waals surface area contributed by atoms with Crippen LogP contribution in [0.2, 0.25) is 0 Å². The third-order valence-corrected chi connectivity index (χ3v) is 5.45. The van der Waals surface area contributed by atoms with E-state index in [1.54, 1.807) is 11.3 Å². The van der Waals surface area contributed by atoms with Crippen LogP contribution in [0.4, 0.5) is 0 Å². The zero-order chi connectivity index (χ0) is 12.6. The normalized spacial score (nSPS) is 20.9. The number of aryl methyl sites for hydroxylation is 2. The van der Waals surface area contributed by atoms with Crippen LogP contribution in [0.1, 0.15) is 52.2 Å². The maximum atomic E-state index is 12.3. The fraction of sp³-hybridized carbons (Fsp3) is 0.643. The van der Waals surface area contributed by atoms with Gasteiger partial charge in [0, 0.05) is 4.88 Å². The highest BCUT2D eigenvalue weighted by atomic mass is 32.1. The smallest absolute Gasteiger partial charge is 0.261 e. The van der Waals surface area contributed by atoms with Gasteiger partial charge >= 0.3 is 0 Å².